The van der Waals surface area contributed by atoms with Gasteiger partial charge < -0.3 is 14.8 Å². The lowest BCUT2D eigenvalue weighted by Gasteiger charge is -2.25. The fourth-order valence-corrected chi connectivity index (χ4v) is 2.75. The summed E-state index contributed by atoms with van der Waals surface area (Å²) >= 11 is 0. The van der Waals surface area contributed by atoms with E-state index in [1.165, 1.54) is 24.8 Å². The van der Waals surface area contributed by atoms with Crippen LogP contribution in [0.25, 0.3) is 0 Å². The molecule has 0 aromatic heterocycles. The SMILES string of the molecule is c1ccc(CCCC[NH2+]C[C@H]2COc3ccccc3O2)cc1. The minimum atomic E-state index is 0.157. The lowest BCUT2D eigenvalue weighted by Crippen LogP contribution is -2.87. The van der Waals surface area contributed by atoms with Crippen molar-refractivity contribution in [2.24, 2.45) is 0 Å². The quantitative estimate of drug-likeness (QED) is 0.797. The molecule has 2 N–H and O–H groups in total. The van der Waals surface area contributed by atoms with Crippen LogP contribution in [0.1, 0.15) is 18.4 Å². The molecule has 0 spiro atoms. The molecule has 0 bridgehead atoms. The van der Waals surface area contributed by atoms with Gasteiger partial charge in [0.1, 0.15) is 13.2 Å². The van der Waals surface area contributed by atoms with Crippen molar-refractivity contribution in [3.05, 3.63) is 60.2 Å². The number of benzene rings is 2. The predicted octanol–water partition coefficient (Wildman–Crippen LogP) is 2.41. The van der Waals surface area contributed by atoms with Crippen molar-refractivity contribution >= 4 is 0 Å². The zero-order valence-corrected chi connectivity index (χ0v) is 12.9. The summed E-state index contributed by atoms with van der Waals surface area (Å²) in [5.74, 6) is 1.73. The molecule has 2 aromatic carbocycles. The molecule has 0 saturated carbocycles. The molecule has 2 aromatic rings. The van der Waals surface area contributed by atoms with Crippen LogP contribution in [0.15, 0.2) is 54.6 Å². The van der Waals surface area contributed by atoms with Crippen LogP contribution in [0.4, 0.5) is 0 Å². The van der Waals surface area contributed by atoms with E-state index in [4.69, 9.17) is 9.47 Å². The molecule has 0 amide bonds. The first kappa shape index (κ1) is 14.9. The van der Waals surface area contributed by atoms with Gasteiger partial charge in [-0.15, -0.1) is 0 Å². The molecule has 3 rings (SSSR count). The van der Waals surface area contributed by atoms with Gasteiger partial charge in [-0.3, -0.25) is 0 Å². The van der Waals surface area contributed by atoms with Gasteiger partial charge >= 0.3 is 0 Å². The first-order valence-corrected chi connectivity index (χ1v) is 8.16. The molecule has 0 radical (unpaired) electrons. The number of unbranched alkanes of at least 4 members (excludes halogenated alkanes) is 1. The number of hydrogen-bond acceptors (Lipinski definition) is 2. The van der Waals surface area contributed by atoms with Crippen molar-refractivity contribution in [1.82, 2.24) is 0 Å². The van der Waals surface area contributed by atoms with Crippen molar-refractivity contribution < 1.29 is 14.8 Å². The number of aryl methyl sites for hydroxylation is 1. The maximum Gasteiger partial charge on any atom is 0.181 e. The maximum absolute atomic E-state index is 5.95. The highest BCUT2D eigenvalue weighted by Crippen LogP contribution is 2.30. The summed E-state index contributed by atoms with van der Waals surface area (Å²) in [7, 11) is 0. The van der Waals surface area contributed by atoms with E-state index in [-0.39, 0.29) is 6.10 Å². The molecule has 0 saturated heterocycles. The molecular weight excluding hydrogens is 274 g/mol. The van der Waals surface area contributed by atoms with Crippen molar-refractivity contribution in [2.45, 2.75) is 25.4 Å². The Morgan fingerprint density at radius 1 is 0.909 bits per heavy atom. The molecule has 116 valence electrons. The largest absolute Gasteiger partial charge is 0.486 e. The number of para-hydroxylation sites is 2. The number of quaternary nitrogens is 1. The van der Waals surface area contributed by atoms with Gasteiger partial charge in [-0.05, 0) is 37.0 Å². The molecule has 0 aliphatic carbocycles. The van der Waals surface area contributed by atoms with Crippen LogP contribution in [-0.2, 0) is 6.42 Å². The number of ether oxygens (including phenoxy) is 2. The van der Waals surface area contributed by atoms with E-state index in [0.29, 0.717) is 6.61 Å². The van der Waals surface area contributed by atoms with Gasteiger partial charge in [0.05, 0.1) is 6.54 Å². The minimum absolute atomic E-state index is 0.157. The van der Waals surface area contributed by atoms with Gasteiger partial charge in [-0.2, -0.15) is 0 Å². The van der Waals surface area contributed by atoms with E-state index in [1.54, 1.807) is 0 Å². The first-order valence-electron chi connectivity index (χ1n) is 8.16. The van der Waals surface area contributed by atoms with Crippen LogP contribution in [0.2, 0.25) is 0 Å². The zero-order chi connectivity index (χ0) is 15.0. The third-order valence-corrected chi connectivity index (χ3v) is 3.96. The Labute approximate surface area is 132 Å². The second kappa shape index (κ2) is 7.85. The third-order valence-electron chi connectivity index (χ3n) is 3.96. The Balaban J connectivity index is 1.30. The van der Waals surface area contributed by atoms with Crippen LogP contribution in [0, 0.1) is 0 Å². The maximum atomic E-state index is 5.95. The fraction of sp³-hybridized carbons (Fsp3) is 0.368. The Bertz CT molecular complexity index is 571. The second-order valence-corrected chi connectivity index (χ2v) is 5.75. The van der Waals surface area contributed by atoms with Crippen LogP contribution < -0.4 is 14.8 Å². The average molecular weight is 298 g/mol. The summed E-state index contributed by atoms with van der Waals surface area (Å²) in [5, 5.41) is 2.34. The molecule has 0 unspecified atom stereocenters. The van der Waals surface area contributed by atoms with Crippen molar-refractivity contribution in [2.75, 3.05) is 19.7 Å². The lowest BCUT2D eigenvalue weighted by atomic mass is 10.1. The molecular formula is C19H24NO2+. The summed E-state index contributed by atoms with van der Waals surface area (Å²) < 4.78 is 11.7. The van der Waals surface area contributed by atoms with Crippen LogP contribution in [0.3, 0.4) is 0 Å². The second-order valence-electron chi connectivity index (χ2n) is 5.75. The van der Waals surface area contributed by atoms with Gasteiger partial charge in [0, 0.05) is 0 Å². The topological polar surface area (TPSA) is 35.1 Å². The highest BCUT2D eigenvalue weighted by atomic mass is 16.6. The lowest BCUT2D eigenvalue weighted by molar-refractivity contribution is -0.660. The molecule has 1 atom stereocenters. The highest BCUT2D eigenvalue weighted by Gasteiger charge is 2.21. The molecule has 3 nitrogen and oxygen atoms in total. The minimum Gasteiger partial charge on any atom is -0.486 e. The fourth-order valence-electron chi connectivity index (χ4n) is 2.75. The van der Waals surface area contributed by atoms with Gasteiger partial charge in [0.25, 0.3) is 0 Å². The number of hydrogen-bond donors (Lipinski definition) is 1. The molecule has 3 heteroatoms. The number of rotatable bonds is 7. The molecule has 1 aliphatic heterocycles. The predicted molar refractivity (Wildman–Crippen MR) is 87.4 cm³/mol. The van der Waals surface area contributed by atoms with E-state index in [0.717, 1.165) is 24.6 Å². The van der Waals surface area contributed by atoms with Crippen LogP contribution in [-0.4, -0.2) is 25.8 Å². The summed E-state index contributed by atoms with van der Waals surface area (Å²) in [4.78, 5) is 0. The van der Waals surface area contributed by atoms with Crippen LogP contribution in [0.5, 0.6) is 11.5 Å². The molecule has 1 heterocycles. The standard InChI is InChI=1S/C19H23NO2/c1-2-8-16(9-3-1)10-6-7-13-20-14-17-15-21-18-11-4-5-12-19(18)22-17/h1-5,8-9,11-12,17,20H,6-7,10,13-15H2/p+1/t17-/m0/s1. The first-order chi connectivity index (χ1) is 10.9. The van der Waals surface area contributed by atoms with E-state index < -0.39 is 0 Å². The van der Waals surface area contributed by atoms with Gasteiger partial charge in [-0.1, -0.05) is 42.5 Å². The van der Waals surface area contributed by atoms with Gasteiger partial charge in [0.15, 0.2) is 17.6 Å². The van der Waals surface area contributed by atoms with Gasteiger partial charge in [0.2, 0.25) is 0 Å². The van der Waals surface area contributed by atoms with E-state index >= 15 is 0 Å². The van der Waals surface area contributed by atoms with Crippen LogP contribution >= 0.6 is 0 Å². The smallest absolute Gasteiger partial charge is 0.181 e. The summed E-state index contributed by atoms with van der Waals surface area (Å²) in [6, 6.07) is 18.6. The molecule has 1 aliphatic rings. The van der Waals surface area contributed by atoms with Crippen molar-refractivity contribution in [3.63, 3.8) is 0 Å². The number of nitrogens with two attached hydrogens (primary N) is 1. The number of fused-ring (bicyclic) bond motifs is 1. The van der Waals surface area contributed by atoms with Crippen molar-refractivity contribution in [1.29, 1.82) is 0 Å². The Morgan fingerprint density at radius 3 is 2.55 bits per heavy atom. The summed E-state index contributed by atoms with van der Waals surface area (Å²) in [6.07, 6.45) is 3.80. The Hall–Kier alpha value is -2.00. The normalized spacial score (nSPS) is 16.5. The summed E-state index contributed by atoms with van der Waals surface area (Å²) in [6.45, 7) is 2.76. The monoisotopic (exact) mass is 298 g/mol. The average Bonchev–Trinajstić information content (AvgIpc) is 2.59. The Kier molecular flexibility index (Phi) is 5.32. The highest BCUT2D eigenvalue weighted by molar-refractivity contribution is 5.40. The Morgan fingerprint density at radius 2 is 1.68 bits per heavy atom. The molecule has 22 heavy (non-hydrogen) atoms. The molecule has 0 fully saturated rings. The third kappa shape index (κ3) is 4.25. The van der Waals surface area contributed by atoms with Crippen molar-refractivity contribution in [3.8, 4) is 11.5 Å². The summed E-state index contributed by atoms with van der Waals surface area (Å²) in [5.41, 5.74) is 1.43. The van der Waals surface area contributed by atoms with E-state index in [2.05, 4.69) is 35.6 Å². The van der Waals surface area contributed by atoms with E-state index in [9.17, 15) is 0 Å². The van der Waals surface area contributed by atoms with Gasteiger partial charge in [-0.25, -0.2) is 0 Å². The zero-order valence-electron chi connectivity index (χ0n) is 12.9. The van der Waals surface area contributed by atoms with E-state index in [1.807, 2.05) is 24.3 Å².